The van der Waals surface area contributed by atoms with E-state index in [-0.39, 0.29) is 5.82 Å². The fourth-order valence-electron chi connectivity index (χ4n) is 2.80. The number of aliphatic hydroxyl groups is 2. The van der Waals surface area contributed by atoms with Gasteiger partial charge in [-0.1, -0.05) is 0 Å². The second-order valence-electron chi connectivity index (χ2n) is 6.35. The zero-order chi connectivity index (χ0) is 19.3. The predicted molar refractivity (Wildman–Crippen MR) is 93.6 cm³/mol. The Bertz CT molecular complexity index is 964. The van der Waals surface area contributed by atoms with E-state index in [4.69, 9.17) is 15.6 Å². The van der Waals surface area contributed by atoms with E-state index in [1.54, 1.807) is 0 Å². The molecule has 2 aliphatic rings. The standard InChI is InChI=1S/C13H18N6O6S2/c14-10-7-11(17-4-16-10)19(18-12(7)26-5-1-2-5)13-9(21)8(20)6(25-13)3-24-27(15,22)23/h4-6,8-9,13,20-21H,1-3H2,(H2,14,16,17)(H2,15,22,23)/t6-,8-,9-,13-/m1/s1. The molecule has 3 heterocycles. The second kappa shape index (κ2) is 6.80. The van der Waals surface area contributed by atoms with Crippen LogP contribution in [-0.4, -0.2) is 68.5 Å². The Kier molecular flexibility index (Phi) is 4.74. The van der Waals surface area contributed by atoms with Gasteiger partial charge in [0.05, 0.1) is 12.0 Å². The third-order valence-corrected chi connectivity index (χ3v) is 6.04. The molecule has 0 bridgehead atoms. The van der Waals surface area contributed by atoms with Gasteiger partial charge >= 0.3 is 10.3 Å². The Hall–Kier alpha value is -1.55. The topological polar surface area (TPSA) is 189 Å². The molecule has 1 aliphatic carbocycles. The van der Waals surface area contributed by atoms with Gasteiger partial charge in [-0.2, -0.15) is 13.5 Å². The van der Waals surface area contributed by atoms with Crippen LogP contribution in [-0.2, 0) is 19.2 Å². The summed E-state index contributed by atoms with van der Waals surface area (Å²) in [6.07, 6.45) is -1.63. The number of anilines is 1. The quantitative estimate of drug-likeness (QED) is 0.427. The van der Waals surface area contributed by atoms with Crippen LogP contribution in [0.3, 0.4) is 0 Å². The summed E-state index contributed by atoms with van der Waals surface area (Å²) in [5, 5.41) is 31.4. The van der Waals surface area contributed by atoms with Gasteiger partial charge in [0.15, 0.2) is 11.9 Å². The highest BCUT2D eigenvalue weighted by Gasteiger charge is 2.46. The normalized spacial score (nSPS) is 28.9. The van der Waals surface area contributed by atoms with Crippen molar-refractivity contribution in [1.29, 1.82) is 0 Å². The van der Waals surface area contributed by atoms with E-state index in [1.165, 1.54) is 22.8 Å². The van der Waals surface area contributed by atoms with Crippen molar-refractivity contribution in [2.24, 2.45) is 5.14 Å². The van der Waals surface area contributed by atoms with Gasteiger partial charge in [-0.15, -0.1) is 11.8 Å². The lowest BCUT2D eigenvalue weighted by Crippen LogP contribution is -2.35. The van der Waals surface area contributed by atoms with Crippen molar-refractivity contribution >= 4 is 38.9 Å². The highest BCUT2D eigenvalue weighted by atomic mass is 32.2. The Morgan fingerprint density at radius 2 is 2.07 bits per heavy atom. The molecule has 0 radical (unpaired) electrons. The minimum absolute atomic E-state index is 0.247. The van der Waals surface area contributed by atoms with Crippen LogP contribution in [0, 0.1) is 0 Å². The van der Waals surface area contributed by atoms with Gasteiger partial charge in [0, 0.05) is 5.25 Å². The van der Waals surface area contributed by atoms with Crippen LogP contribution in [0.1, 0.15) is 19.1 Å². The van der Waals surface area contributed by atoms with Gasteiger partial charge in [0.1, 0.15) is 35.5 Å². The molecule has 1 saturated heterocycles. The molecule has 0 aromatic carbocycles. The largest absolute Gasteiger partial charge is 0.387 e. The summed E-state index contributed by atoms with van der Waals surface area (Å²) >= 11 is 1.54. The molecule has 6 N–H and O–H groups in total. The minimum atomic E-state index is -4.21. The Balaban J connectivity index is 1.66. The van der Waals surface area contributed by atoms with E-state index in [0.29, 0.717) is 21.3 Å². The lowest BCUT2D eigenvalue weighted by atomic mass is 10.1. The zero-order valence-corrected chi connectivity index (χ0v) is 15.5. The monoisotopic (exact) mass is 418 g/mol. The third kappa shape index (κ3) is 3.73. The van der Waals surface area contributed by atoms with E-state index in [2.05, 4.69) is 19.2 Å². The summed E-state index contributed by atoms with van der Waals surface area (Å²) in [5.74, 6) is 0.247. The number of nitrogen functional groups attached to an aromatic ring is 1. The maximum Gasteiger partial charge on any atom is 0.333 e. The van der Waals surface area contributed by atoms with Crippen LogP contribution in [0.5, 0.6) is 0 Å². The van der Waals surface area contributed by atoms with Crippen molar-refractivity contribution < 1.29 is 27.6 Å². The number of nitrogens with two attached hydrogens (primary N) is 2. The summed E-state index contributed by atoms with van der Waals surface area (Å²) in [4.78, 5) is 8.17. The SMILES string of the molecule is Nc1ncnc2c1c(SC1CC1)nn2[C@@H]1O[C@H](COS(N)(=O)=O)[C@@H](O)[C@H]1O. The van der Waals surface area contributed by atoms with Crippen LogP contribution in [0.2, 0.25) is 0 Å². The van der Waals surface area contributed by atoms with E-state index in [0.717, 1.165) is 12.8 Å². The maximum absolute atomic E-state index is 11.0. The summed E-state index contributed by atoms with van der Waals surface area (Å²) in [6, 6.07) is 0. The smallest absolute Gasteiger partial charge is 0.333 e. The Morgan fingerprint density at radius 1 is 1.33 bits per heavy atom. The van der Waals surface area contributed by atoms with Crippen LogP contribution < -0.4 is 10.9 Å². The molecule has 2 aromatic rings. The van der Waals surface area contributed by atoms with Gasteiger partial charge in [0.2, 0.25) is 0 Å². The van der Waals surface area contributed by atoms with Crippen molar-refractivity contribution in [3.63, 3.8) is 0 Å². The van der Waals surface area contributed by atoms with Crippen LogP contribution in [0.25, 0.3) is 11.0 Å². The highest BCUT2D eigenvalue weighted by molar-refractivity contribution is 8.00. The fourth-order valence-corrected chi connectivity index (χ4v) is 4.26. The molecular weight excluding hydrogens is 400 g/mol. The lowest BCUT2D eigenvalue weighted by Gasteiger charge is -2.15. The lowest BCUT2D eigenvalue weighted by molar-refractivity contribution is -0.0531. The molecule has 0 unspecified atom stereocenters. The van der Waals surface area contributed by atoms with E-state index in [1.807, 2.05) is 0 Å². The van der Waals surface area contributed by atoms with Crippen LogP contribution >= 0.6 is 11.8 Å². The summed E-state index contributed by atoms with van der Waals surface area (Å²) < 4.78 is 33.3. The van der Waals surface area contributed by atoms with Crippen molar-refractivity contribution in [3.05, 3.63) is 6.33 Å². The van der Waals surface area contributed by atoms with Gasteiger partial charge < -0.3 is 20.7 Å². The van der Waals surface area contributed by atoms with E-state index < -0.39 is 41.5 Å². The fraction of sp³-hybridized carbons (Fsp3) is 0.615. The summed E-state index contributed by atoms with van der Waals surface area (Å²) in [7, 11) is -4.21. The average Bonchev–Trinajstić information content (AvgIpc) is 3.27. The number of rotatable bonds is 6. The number of thioether (sulfide) groups is 1. The molecule has 1 aliphatic heterocycles. The Labute approximate surface area is 158 Å². The number of nitrogens with zero attached hydrogens (tertiary/aromatic N) is 4. The number of aliphatic hydroxyl groups excluding tert-OH is 2. The zero-order valence-electron chi connectivity index (χ0n) is 13.9. The van der Waals surface area contributed by atoms with Crippen molar-refractivity contribution in [3.8, 4) is 0 Å². The van der Waals surface area contributed by atoms with E-state index in [9.17, 15) is 18.6 Å². The van der Waals surface area contributed by atoms with Crippen molar-refractivity contribution in [2.75, 3.05) is 12.3 Å². The highest BCUT2D eigenvalue weighted by Crippen LogP contribution is 2.43. The van der Waals surface area contributed by atoms with Gasteiger partial charge in [-0.25, -0.2) is 19.8 Å². The molecule has 2 fully saturated rings. The number of hydrogen-bond acceptors (Lipinski definition) is 11. The molecule has 2 aromatic heterocycles. The first-order valence-electron chi connectivity index (χ1n) is 8.08. The number of ether oxygens (including phenoxy) is 1. The second-order valence-corrected chi connectivity index (χ2v) is 8.86. The van der Waals surface area contributed by atoms with Gasteiger partial charge in [0.25, 0.3) is 0 Å². The first kappa shape index (κ1) is 18.8. The first-order valence-corrected chi connectivity index (χ1v) is 10.4. The average molecular weight is 418 g/mol. The predicted octanol–water partition coefficient (Wildman–Crippen LogP) is -1.50. The molecule has 0 amide bonds. The number of hydrogen-bond donors (Lipinski definition) is 4. The van der Waals surface area contributed by atoms with Crippen molar-refractivity contribution in [1.82, 2.24) is 19.7 Å². The third-order valence-electron chi connectivity index (χ3n) is 4.26. The van der Waals surface area contributed by atoms with Crippen molar-refractivity contribution in [2.45, 2.75) is 47.7 Å². The molecule has 27 heavy (non-hydrogen) atoms. The summed E-state index contributed by atoms with van der Waals surface area (Å²) in [6.45, 7) is -0.548. The maximum atomic E-state index is 11.0. The van der Waals surface area contributed by atoms with Crippen LogP contribution in [0.4, 0.5) is 5.82 Å². The summed E-state index contributed by atoms with van der Waals surface area (Å²) in [5.41, 5.74) is 6.32. The first-order chi connectivity index (χ1) is 12.7. The molecule has 148 valence electrons. The number of aromatic nitrogens is 4. The molecule has 1 saturated carbocycles. The molecule has 14 heteroatoms. The Morgan fingerprint density at radius 3 is 2.74 bits per heavy atom. The van der Waals surface area contributed by atoms with Gasteiger partial charge in [-0.05, 0) is 12.8 Å². The molecular formula is C13H18N6O6S2. The van der Waals surface area contributed by atoms with E-state index >= 15 is 0 Å². The minimum Gasteiger partial charge on any atom is -0.387 e. The molecule has 4 atom stereocenters. The molecule has 4 rings (SSSR count). The van der Waals surface area contributed by atoms with Gasteiger partial charge in [-0.3, -0.25) is 4.18 Å². The molecule has 0 spiro atoms. The van der Waals surface area contributed by atoms with Crippen LogP contribution in [0.15, 0.2) is 11.4 Å². The molecule has 12 nitrogen and oxygen atoms in total. The number of fused-ring (bicyclic) bond motifs is 1.